The second-order valence-corrected chi connectivity index (χ2v) is 4.88. The Kier molecular flexibility index (Phi) is 2.06. The summed E-state index contributed by atoms with van der Waals surface area (Å²) in [4.78, 5) is -0.280. The van der Waals surface area contributed by atoms with Gasteiger partial charge in [0.2, 0.25) is 10.0 Å². The SMILES string of the molecule is O=S1(=O)NCc2ccc(C(F)(F)F)cc21. The van der Waals surface area contributed by atoms with Gasteiger partial charge in [-0.05, 0) is 17.7 Å². The molecule has 0 unspecified atom stereocenters. The van der Waals surface area contributed by atoms with Crippen LogP contribution in [0.25, 0.3) is 0 Å². The van der Waals surface area contributed by atoms with Crippen molar-refractivity contribution in [2.45, 2.75) is 17.6 Å². The minimum atomic E-state index is -4.52. The first kappa shape index (κ1) is 10.4. The largest absolute Gasteiger partial charge is 0.416 e. The van der Waals surface area contributed by atoms with E-state index in [2.05, 4.69) is 4.72 Å². The summed E-state index contributed by atoms with van der Waals surface area (Å²) in [6, 6.07) is 2.71. The standard InChI is InChI=1S/C8H6F3NO2S/c9-8(10,11)6-2-1-5-4-12-15(13,14)7(5)3-6/h1-3,12H,4H2. The van der Waals surface area contributed by atoms with E-state index < -0.39 is 21.8 Å². The highest BCUT2D eigenvalue weighted by Gasteiger charge is 2.34. The molecule has 3 nitrogen and oxygen atoms in total. The summed E-state index contributed by atoms with van der Waals surface area (Å²) in [5.74, 6) is 0. The summed E-state index contributed by atoms with van der Waals surface area (Å²) >= 11 is 0. The topological polar surface area (TPSA) is 46.2 Å². The van der Waals surface area contributed by atoms with E-state index >= 15 is 0 Å². The fraction of sp³-hybridized carbons (Fsp3) is 0.250. The zero-order valence-corrected chi connectivity index (χ0v) is 8.11. The molecule has 0 radical (unpaired) electrons. The Balaban J connectivity index is 2.61. The third-order valence-electron chi connectivity index (χ3n) is 2.14. The average Bonchev–Trinajstić information content (AvgIpc) is 2.41. The predicted molar refractivity (Wildman–Crippen MR) is 45.5 cm³/mol. The molecular formula is C8H6F3NO2S. The van der Waals surface area contributed by atoms with Crippen LogP contribution in [0.15, 0.2) is 23.1 Å². The van der Waals surface area contributed by atoms with E-state index in [1.807, 2.05) is 0 Å². The van der Waals surface area contributed by atoms with Gasteiger partial charge >= 0.3 is 6.18 Å². The van der Waals surface area contributed by atoms with E-state index in [1.165, 1.54) is 6.07 Å². The highest BCUT2D eigenvalue weighted by atomic mass is 32.2. The van der Waals surface area contributed by atoms with Crippen LogP contribution in [0.5, 0.6) is 0 Å². The van der Waals surface area contributed by atoms with E-state index in [4.69, 9.17) is 0 Å². The highest BCUT2D eigenvalue weighted by Crippen LogP contribution is 2.33. The maximum absolute atomic E-state index is 12.3. The molecule has 0 spiro atoms. The molecule has 1 aromatic carbocycles. The molecule has 0 saturated carbocycles. The molecule has 15 heavy (non-hydrogen) atoms. The Bertz CT molecular complexity index is 507. The van der Waals surface area contributed by atoms with E-state index in [1.54, 1.807) is 0 Å². The Morgan fingerprint density at radius 3 is 2.53 bits per heavy atom. The molecule has 0 amide bonds. The van der Waals surface area contributed by atoms with Gasteiger partial charge in [0.05, 0.1) is 10.5 Å². The second kappa shape index (κ2) is 2.96. The third kappa shape index (κ3) is 1.72. The van der Waals surface area contributed by atoms with Gasteiger partial charge in [0.25, 0.3) is 0 Å². The van der Waals surface area contributed by atoms with Crippen molar-refractivity contribution in [3.63, 3.8) is 0 Å². The summed E-state index contributed by atoms with van der Waals surface area (Å²) in [6.45, 7) is 0.0514. The molecule has 1 aliphatic rings. The van der Waals surface area contributed by atoms with Crippen molar-refractivity contribution in [1.82, 2.24) is 4.72 Å². The number of benzene rings is 1. The van der Waals surface area contributed by atoms with Gasteiger partial charge in [-0.1, -0.05) is 6.07 Å². The van der Waals surface area contributed by atoms with Gasteiger partial charge in [-0.15, -0.1) is 0 Å². The van der Waals surface area contributed by atoms with Crippen LogP contribution < -0.4 is 4.72 Å². The lowest BCUT2D eigenvalue weighted by molar-refractivity contribution is -0.137. The van der Waals surface area contributed by atoms with Gasteiger partial charge in [0.15, 0.2) is 0 Å². The van der Waals surface area contributed by atoms with Crippen molar-refractivity contribution in [3.05, 3.63) is 29.3 Å². The molecule has 1 aliphatic heterocycles. The molecule has 2 rings (SSSR count). The van der Waals surface area contributed by atoms with Crippen LogP contribution >= 0.6 is 0 Å². The Hall–Kier alpha value is -1.08. The number of rotatable bonds is 0. The van der Waals surface area contributed by atoms with Crippen LogP contribution in [0.3, 0.4) is 0 Å². The summed E-state index contributed by atoms with van der Waals surface area (Å²) in [7, 11) is -3.74. The quantitative estimate of drug-likeness (QED) is 0.743. The van der Waals surface area contributed by atoms with Crippen molar-refractivity contribution in [2.75, 3.05) is 0 Å². The monoisotopic (exact) mass is 237 g/mol. The van der Waals surface area contributed by atoms with Crippen molar-refractivity contribution in [3.8, 4) is 0 Å². The average molecular weight is 237 g/mol. The Morgan fingerprint density at radius 2 is 1.93 bits per heavy atom. The molecule has 0 fully saturated rings. The van der Waals surface area contributed by atoms with Crippen molar-refractivity contribution in [1.29, 1.82) is 0 Å². The van der Waals surface area contributed by atoms with Crippen LogP contribution in [0.4, 0.5) is 13.2 Å². The Labute approximate surface area is 84.0 Å². The number of hydrogen-bond acceptors (Lipinski definition) is 2. The molecule has 7 heteroatoms. The number of sulfonamides is 1. The summed E-state index contributed by atoms with van der Waals surface area (Å²) < 4.78 is 61.5. The lowest BCUT2D eigenvalue weighted by Gasteiger charge is -2.07. The van der Waals surface area contributed by atoms with Gasteiger partial charge in [0, 0.05) is 6.54 Å². The summed E-state index contributed by atoms with van der Waals surface area (Å²) in [5.41, 5.74) is -0.587. The van der Waals surface area contributed by atoms with Gasteiger partial charge in [-0.2, -0.15) is 13.2 Å². The number of nitrogens with one attached hydrogen (secondary N) is 1. The van der Waals surface area contributed by atoms with Crippen molar-refractivity contribution in [2.24, 2.45) is 0 Å². The van der Waals surface area contributed by atoms with Crippen LogP contribution in [0, 0.1) is 0 Å². The number of halogens is 3. The molecular weight excluding hydrogens is 231 g/mol. The molecule has 82 valence electrons. The van der Waals surface area contributed by atoms with E-state index in [0.29, 0.717) is 11.6 Å². The van der Waals surface area contributed by atoms with Gasteiger partial charge < -0.3 is 0 Å². The summed E-state index contributed by atoms with van der Waals surface area (Å²) in [5, 5.41) is 0. The second-order valence-electron chi connectivity index (χ2n) is 3.14. The number of alkyl halides is 3. The zero-order chi connectivity index (χ0) is 11.3. The van der Waals surface area contributed by atoms with Gasteiger partial charge in [-0.25, -0.2) is 13.1 Å². The zero-order valence-electron chi connectivity index (χ0n) is 7.30. The molecule has 1 aromatic rings. The first-order valence-corrected chi connectivity index (χ1v) is 5.49. The van der Waals surface area contributed by atoms with Gasteiger partial charge in [-0.3, -0.25) is 0 Å². The van der Waals surface area contributed by atoms with Crippen LogP contribution in [-0.2, 0) is 22.7 Å². The van der Waals surface area contributed by atoms with Crippen LogP contribution in [0.1, 0.15) is 11.1 Å². The lowest BCUT2D eigenvalue weighted by atomic mass is 10.1. The third-order valence-corrected chi connectivity index (χ3v) is 3.62. The summed E-state index contributed by atoms with van der Waals surface area (Å²) in [6.07, 6.45) is -4.52. The normalized spacial score (nSPS) is 18.9. The smallest absolute Gasteiger partial charge is 0.207 e. The fourth-order valence-electron chi connectivity index (χ4n) is 1.38. The fourth-order valence-corrected chi connectivity index (χ4v) is 2.65. The molecule has 0 atom stereocenters. The van der Waals surface area contributed by atoms with Gasteiger partial charge in [0.1, 0.15) is 0 Å². The van der Waals surface area contributed by atoms with Crippen molar-refractivity contribution >= 4 is 10.0 Å². The number of hydrogen-bond donors (Lipinski definition) is 1. The predicted octanol–water partition coefficient (Wildman–Crippen LogP) is 1.50. The molecule has 0 aromatic heterocycles. The lowest BCUT2D eigenvalue weighted by Crippen LogP contribution is -2.14. The van der Waals surface area contributed by atoms with Crippen LogP contribution in [0.2, 0.25) is 0 Å². The first-order valence-electron chi connectivity index (χ1n) is 4.00. The maximum atomic E-state index is 12.3. The van der Waals surface area contributed by atoms with E-state index in [9.17, 15) is 21.6 Å². The molecule has 0 bridgehead atoms. The minimum Gasteiger partial charge on any atom is -0.207 e. The van der Waals surface area contributed by atoms with E-state index in [-0.39, 0.29) is 11.4 Å². The number of fused-ring (bicyclic) bond motifs is 1. The maximum Gasteiger partial charge on any atom is 0.416 e. The molecule has 0 saturated heterocycles. The Morgan fingerprint density at radius 1 is 1.27 bits per heavy atom. The first-order chi connectivity index (χ1) is 6.81. The van der Waals surface area contributed by atoms with Crippen molar-refractivity contribution < 1.29 is 21.6 Å². The minimum absolute atomic E-state index is 0.0514. The molecule has 1 heterocycles. The molecule has 1 N–H and O–H groups in total. The van der Waals surface area contributed by atoms with Crippen LogP contribution in [-0.4, -0.2) is 8.42 Å². The van der Waals surface area contributed by atoms with E-state index in [0.717, 1.165) is 6.07 Å². The molecule has 0 aliphatic carbocycles. The highest BCUT2D eigenvalue weighted by molar-refractivity contribution is 7.89.